The van der Waals surface area contributed by atoms with Crippen molar-refractivity contribution in [2.75, 3.05) is 5.32 Å². The largest absolute Gasteiger partial charge is 0.449 e. The molecule has 0 heterocycles. The highest BCUT2D eigenvalue weighted by Gasteiger charge is 2.19. The van der Waals surface area contributed by atoms with Gasteiger partial charge in [-0.3, -0.25) is 4.79 Å². The summed E-state index contributed by atoms with van der Waals surface area (Å²) in [6.07, 6.45) is -1.03. The lowest BCUT2D eigenvalue weighted by molar-refractivity contribution is -0.123. The van der Waals surface area contributed by atoms with Gasteiger partial charge in [0.15, 0.2) is 6.10 Å². The number of benzene rings is 2. The van der Waals surface area contributed by atoms with Gasteiger partial charge in [-0.25, -0.2) is 4.79 Å². The quantitative estimate of drug-likeness (QED) is 0.872. The molecule has 1 N–H and O–H groups in total. The van der Waals surface area contributed by atoms with E-state index in [1.165, 1.54) is 25.1 Å². The number of hydrogen-bond acceptors (Lipinski definition) is 5. The van der Waals surface area contributed by atoms with Gasteiger partial charge in [0.05, 0.1) is 28.8 Å². The lowest BCUT2D eigenvalue weighted by Gasteiger charge is -2.13. The average Bonchev–Trinajstić information content (AvgIpc) is 2.61. The smallest absolute Gasteiger partial charge is 0.338 e. The Labute approximate surface area is 138 Å². The van der Waals surface area contributed by atoms with Crippen molar-refractivity contribution in [2.24, 2.45) is 0 Å². The van der Waals surface area contributed by atoms with Gasteiger partial charge in [-0.05, 0) is 43.3 Å². The monoisotopic (exact) mass is 319 g/mol. The molecule has 0 aliphatic heterocycles. The molecule has 0 spiro atoms. The molecule has 24 heavy (non-hydrogen) atoms. The minimum Gasteiger partial charge on any atom is -0.449 e. The van der Waals surface area contributed by atoms with Crippen molar-refractivity contribution in [3.63, 3.8) is 0 Å². The third-order valence-electron chi connectivity index (χ3n) is 3.14. The molecule has 6 nitrogen and oxygen atoms in total. The molecule has 6 heteroatoms. The Morgan fingerprint density at radius 3 is 2.33 bits per heavy atom. The maximum Gasteiger partial charge on any atom is 0.338 e. The average molecular weight is 319 g/mol. The second-order valence-corrected chi connectivity index (χ2v) is 4.92. The van der Waals surface area contributed by atoms with Crippen LogP contribution in [0.25, 0.3) is 0 Å². The lowest BCUT2D eigenvalue weighted by Crippen LogP contribution is -2.30. The first-order chi connectivity index (χ1) is 11.5. The Morgan fingerprint density at radius 2 is 1.67 bits per heavy atom. The molecule has 0 radical (unpaired) electrons. The summed E-state index contributed by atoms with van der Waals surface area (Å²) in [6.45, 7) is 1.44. The summed E-state index contributed by atoms with van der Waals surface area (Å²) in [5, 5.41) is 20.2. The van der Waals surface area contributed by atoms with E-state index in [0.717, 1.165) is 0 Å². The van der Waals surface area contributed by atoms with Gasteiger partial charge >= 0.3 is 5.97 Å². The van der Waals surface area contributed by atoms with Crippen LogP contribution in [0.2, 0.25) is 0 Å². The lowest BCUT2D eigenvalue weighted by atomic mass is 10.1. The van der Waals surface area contributed by atoms with Crippen molar-refractivity contribution < 1.29 is 14.3 Å². The number of nitrogens with zero attached hydrogens (tertiary/aromatic N) is 2. The van der Waals surface area contributed by atoms with Gasteiger partial charge in [-0.15, -0.1) is 0 Å². The Morgan fingerprint density at radius 1 is 1.04 bits per heavy atom. The highest BCUT2D eigenvalue weighted by atomic mass is 16.5. The molecule has 1 amide bonds. The van der Waals surface area contributed by atoms with Crippen LogP contribution in [0.4, 0.5) is 5.69 Å². The SMILES string of the molecule is C[C@H](OC(=O)c1cccc(C#N)c1)C(=O)Nc1cccc(C#N)c1. The van der Waals surface area contributed by atoms with Gasteiger partial charge < -0.3 is 10.1 Å². The van der Waals surface area contributed by atoms with Crippen molar-refractivity contribution in [3.8, 4) is 12.1 Å². The highest BCUT2D eigenvalue weighted by molar-refractivity contribution is 5.97. The molecular formula is C18H13N3O3. The van der Waals surface area contributed by atoms with Crippen LogP contribution in [0, 0.1) is 22.7 Å². The van der Waals surface area contributed by atoms with E-state index in [0.29, 0.717) is 16.8 Å². The van der Waals surface area contributed by atoms with Gasteiger partial charge in [0.25, 0.3) is 5.91 Å². The number of ether oxygens (including phenoxy) is 1. The van der Waals surface area contributed by atoms with Crippen molar-refractivity contribution in [3.05, 3.63) is 65.2 Å². The fourth-order valence-corrected chi connectivity index (χ4v) is 1.91. The zero-order valence-electron chi connectivity index (χ0n) is 12.8. The standard InChI is InChI=1S/C18H13N3O3/c1-12(17(22)21-16-7-3-5-14(9-16)11-20)24-18(23)15-6-2-4-13(8-15)10-19/h2-9,12H,1H3,(H,21,22)/t12-/m0/s1. The number of esters is 1. The molecule has 1 atom stereocenters. The number of hydrogen-bond donors (Lipinski definition) is 1. The molecule has 0 bridgehead atoms. The van der Waals surface area contributed by atoms with Crippen molar-refractivity contribution in [1.29, 1.82) is 10.5 Å². The second-order valence-electron chi connectivity index (χ2n) is 4.92. The summed E-state index contributed by atoms with van der Waals surface area (Å²) in [4.78, 5) is 24.1. The van der Waals surface area contributed by atoms with Crippen LogP contribution >= 0.6 is 0 Å². The fraction of sp³-hybridized carbons (Fsp3) is 0.111. The topological polar surface area (TPSA) is 103 Å². The third kappa shape index (κ3) is 4.19. The Bertz CT molecular complexity index is 862. The summed E-state index contributed by atoms with van der Waals surface area (Å²) >= 11 is 0. The molecule has 2 aromatic carbocycles. The van der Waals surface area contributed by atoms with Gasteiger partial charge in [0, 0.05) is 5.69 Å². The number of carbonyl (C=O) groups is 2. The summed E-state index contributed by atoms with van der Waals surface area (Å²) in [6, 6.07) is 16.3. The van der Waals surface area contributed by atoms with Crippen LogP contribution in [-0.4, -0.2) is 18.0 Å². The summed E-state index contributed by atoms with van der Waals surface area (Å²) in [5.41, 5.74) is 1.37. The van der Waals surface area contributed by atoms with E-state index in [9.17, 15) is 9.59 Å². The maximum absolute atomic E-state index is 12.1. The number of nitrogens with one attached hydrogen (secondary N) is 1. The molecule has 0 unspecified atom stereocenters. The molecule has 2 aromatic rings. The first-order valence-electron chi connectivity index (χ1n) is 7.05. The van der Waals surface area contributed by atoms with E-state index < -0.39 is 18.0 Å². The minimum atomic E-state index is -1.03. The zero-order valence-corrected chi connectivity index (χ0v) is 12.8. The molecule has 118 valence electrons. The molecule has 0 aromatic heterocycles. The maximum atomic E-state index is 12.1. The highest BCUT2D eigenvalue weighted by Crippen LogP contribution is 2.12. The Kier molecular flexibility index (Phi) is 5.28. The summed E-state index contributed by atoms with van der Waals surface area (Å²) < 4.78 is 5.10. The van der Waals surface area contributed by atoms with E-state index in [4.69, 9.17) is 15.3 Å². The van der Waals surface area contributed by atoms with E-state index in [1.54, 1.807) is 30.3 Å². The van der Waals surface area contributed by atoms with Gasteiger partial charge in [0.1, 0.15) is 0 Å². The molecular weight excluding hydrogens is 306 g/mol. The zero-order chi connectivity index (χ0) is 17.5. The Hall–Kier alpha value is -3.64. The number of nitriles is 2. The van der Waals surface area contributed by atoms with Gasteiger partial charge in [0.2, 0.25) is 0 Å². The number of carbonyl (C=O) groups excluding carboxylic acids is 2. The number of amides is 1. The first kappa shape index (κ1) is 16.7. The van der Waals surface area contributed by atoms with Crippen LogP contribution < -0.4 is 5.32 Å². The van der Waals surface area contributed by atoms with Crippen LogP contribution in [0.1, 0.15) is 28.4 Å². The minimum absolute atomic E-state index is 0.195. The molecule has 0 fully saturated rings. The van der Waals surface area contributed by atoms with E-state index >= 15 is 0 Å². The molecule has 2 rings (SSSR count). The summed E-state index contributed by atoms with van der Waals surface area (Å²) in [7, 11) is 0. The van der Waals surface area contributed by atoms with Crippen LogP contribution in [0.3, 0.4) is 0 Å². The van der Waals surface area contributed by atoms with Crippen molar-refractivity contribution in [1.82, 2.24) is 0 Å². The third-order valence-corrected chi connectivity index (χ3v) is 3.14. The number of rotatable bonds is 4. The van der Waals surface area contributed by atoms with E-state index in [1.807, 2.05) is 12.1 Å². The molecule has 0 saturated heterocycles. The van der Waals surface area contributed by atoms with Crippen molar-refractivity contribution >= 4 is 17.6 Å². The molecule has 0 aliphatic carbocycles. The van der Waals surface area contributed by atoms with Crippen LogP contribution in [0.5, 0.6) is 0 Å². The van der Waals surface area contributed by atoms with Crippen LogP contribution in [0.15, 0.2) is 48.5 Å². The normalized spacial score (nSPS) is 10.8. The second kappa shape index (κ2) is 7.57. The van der Waals surface area contributed by atoms with Crippen molar-refractivity contribution in [2.45, 2.75) is 13.0 Å². The van der Waals surface area contributed by atoms with E-state index in [2.05, 4.69) is 5.32 Å². The first-order valence-corrected chi connectivity index (χ1v) is 7.05. The van der Waals surface area contributed by atoms with Gasteiger partial charge in [-0.1, -0.05) is 12.1 Å². The predicted molar refractivity (Wildman–Crippen MR) is 85.8 cm³/mol. The molecule has 0 aliphatic rings. The summed E-state index contributed by atoms with van der Waals surface area (Å²) in [5.74, 6) is -1.21. The van der Waals surface area contributed by atoms with Crippen LogP contribution in [-0.2, 0) is 9.53 Å². The fourth-order valence-electron chi connectivity index (χ4n) is 1.91. The Balaban J connectivity index is 2.01. The van der Waals surface area contributed by atoms with Gasteiger partial charge in [-0.2, -0.15) is 10.5 Å². The number of anilines is 1. The molecule has 0 saturated carbocycles. The van der Waals surface area contributed by atoms with E-state index in [-0.39, 0.29) is 5.56 Å². The predicted octanol–water partition coefficient (Wildman–Crippen LogP) is 2.61.